The summed E-state index contributed by atoms with van der Waals surface area (Å²) >= 11 is 1.40. The molecule has 34 heavy (non-hydrogen) atoms. The quantitative estimate of drug-likeness (QED) is 0.354. The Labute approximate surface area is 203 Å². The summed E-state index contributed by atoms with van der Waals surface area (Å²) in [4.78, 5) is 17.1. The molecule has 2 aromatic heterocycles. The van der Waals surface area contributed by atoms with Crippen LogP contribution in [0.1, 0.15) is 35.6 Å². The van der Waals surface area contributed by atoms with Crippen LogP contribution >= 0.6 is 11.8 Å². The second-order valence-electron chi connectivity index (χ2n) is 8.80. The fourth-order valence-corrected chi connectivity index (χ4v) is 4.76. The molecule has 0 spiro atoms. The molecule has 1 fully saturated rings. The van der Waals surface area contributed by atoms with E-state index in [9.17, 15) is 4.79 Å². The summed E-state index contributed by atoms with van der Waals surface area (Å²) in [7, 11) is 0. The zero-order valence-corrected chi connectivity index (χ0v) is 20.1. The molecule has 5 rings (SSSR count). The summed E-state index contributed by atoms with van der Waals surface area (Å²) in [6, 6.07) is 20.6. The second kappa shape index (κ2) is 9.81. The van der Waals surface area contributed by atoms with Crippen LogP contribution in [0.5, 0.6) is 0 Å². The minimum atomic E-state index is 0.00592. The number of aromatic nitrogens is 4. The molecule has 1 N–H and O–H groups in total. The monoisotopic (exact) mass is 469 g/mol. The van der Waals surface area contributed by atoms with Crippen LogP contribution in [0.3, 0.4) is 0 Å². The number of benzene rings is 2. The van der Waals surface area contributed by atoms with Crippen molar-refractivity contribution in [3.8, 4) is 17.1 Å². The van der Waals surface area contributed by atoms with Gasteiger partial charge < -0.3 is 5.32 Å². The molecule has 0 bridgehead atoms. The third-order valence-corrected chi connectivity index (χ3v) is 6.97. The van der Waals surface area contributed by atoms with Gasteiger partial charge in [0.1, 0.15) is 0 Å². The third kappa shape index (κ3) is 5.04. The molecule has 1 saturated carbocycles. The molecule has 2 heterocycles. The van der Waals surface area contributed by atoms with Crippen molar-refractivity contribution in [2.75, 3.05) is 5.75 Å². The SMILES string of the molecule is Cc1ccc(C(NC(=O)CSc2nnc(-c3ccncc3)n2-c2ccc(C)cc2)C2CC2)cc1. The van der Waals surface area contributed by atoms with Crippen LogP contribution in [-0.4, -0.2) is 31.4 Å². The molecule has 0 radical (unpaired) electrons. The normalized spacial score (nSPS) is 14.1. The molecule has 1 amide bonds. The van der Waals surface area contributed by atoms with Crippen molar-refractivity contribution in [1.82, 2.24) is 25.1 Å². The van der Waals surface area contributed by atoms with Crippen LogP contribution < -0.4 is 5.32 Å². The van der Waals surface area contributed by atoms with Gasteiger partial charge in [-0.3, -0.25) is 14.3 Å². The molecule has 2 aromatic carbocycles. The van der Waals surface area contributed by atoms with Gasteiger partial charge in [-0.15, -0.1) is 10.2 Å². The van der Waals surface area contributed by atoms with Crippen LogP contribution in [0.15, 0.2) is 78.2 Å². The number of nitrogens with zero attached hydrogens (tertiary/aromatic N) is 4. The lowest BCUT2D eigenvalue weighted by atomic mass is 10.0. The first kappa shape index (κ1) is 22.3. The molecule has 172 valence electrons. The molecule has 6 nitrogen and oxygen atoms in total. The minimum absolute atomic E-state index is 0.00592. The number of pyridine rings is 1. The van der Waals surface area contributed by atoms with E-state index in [1.807, 2.05) is 28.8 Å². The van der Waals surface area contributed by atoms with Crippen molar-refractivity contribution < 1.29 is 4.79 Å². The maximum Gasteiger partial charge on any atom is 0.230 e. The summed E-state index contributed by atoms with van der Waals surface area (Å²) < 4.78 is 2.01. The van der Waals surface area contributed by atoms with Crippen molar-refractivity contribution >= 4 is 17.7 Å². The van der Waals surface area contributed by atoms with Gasteiger partial charge in [-0.25, -0.2) is 0 Å². The standard InChI is InChI=1S/C27H27N5OS/c1-18-3-7-20(8-4-18)25(21-9-10-21)29-24(33)17-34-27-31-30-26(22-13-15-28-16-14-22)32(27)23-11-5-19(2)6-12-23/h3-8,11-16,21,25H,9-10,17H2,1-2H3,(H,29,33). The Balaban J connectivity index is 1.36. The zero-order valence-electron chi connectivity index (χ0n) is 19.3. The first-order valence-electron chi connectivity index (χ1n) is 11.5. The van der Waals surface area contributed by atoms with Gasteiger partial charge in [0.15, 0.2) is 11.0 Å². The molecule has 1 aliphatic rings. The second-order valence-corrected chi connectivity index (χ2v) is 9.74. The Morgan fingerprint density at radius 2 is 1.62 bits per heavy atom. The average molecular weight is 470 g/mol. The van der Waals surface area contributed by atoms with Crippen molar-refractivity contribution in [2.45, 2.75) is 37.9 Å². The molecule has 1 aliphatic carbocycles. The highest BCUT2D eigenvalue weighted by Crippen LogP contribution is 2.41. The number of aryl methyl sites for hydroxylation is 2. The van der Waals surface area contributed by atoms with E-state index in [1.54, 1.807) is 12.4 Å². The maximum atomic E-state index is 13.0. The fraction of sp³-hybridized carbons (Fsp3) is 0.259. The zero-order chi connectivity index (χ0) is 23.5. The highest BCUT2D eigenvalue weighted by atomic mass is 32.2. The van der Waals surface area contributed by atoms with E-state index in [2.05, 4.69) is 70.7 Å². The molecule has 1 unspecified atom stereocenters. The van der Waals surface area contributed by atoms with E-state index in [1.165, 1.54) is 28.5 Å². The van der Waals surface area contributed by atoms with Gasteiger partial charge in [0.2, 0.25) is 5.91 Å². The number of hydrogen-bond donors (Lipinski definition) is 1. The van der Waals surface area contributed by atoms with Crippen LogP contribution in [0, 0.1) is 19.8 Å². The number of amides is 1. The fourth-order valence-electron chi connectivity index (χ4n) is 4.00. The number of carbonyl (C=O) groups is 1. The molecule has 4 aromatic rings. The van der Waals surface area contributed by atoms with E-state index in [0.717, 1.165) is 29.9 Å². The van der Waals surface area contributed by atoms with E-state index in [0.29, 0.717) is 11.1 Å². The smallest absolute Gasteiger partial charge is 0.230 e. The van der Waals surface area contributed by atoms with Crippen molar-refractivity contribution in [3.05, 3.63) is 89.7 Å². The lowest BCUT2D eigenvalue weighted by Crippen LogP contribution is -2.31. The summed E-state index contributed by atoms with van der Waals surface area (Å²) in [5.74, 6) is 1.53. The van der Waals surface area contributed by atoms with Gasteiger partial charge in [-0.05, 0) is 62.4 Å². The molecule has 7 heteroatoms. The highest BCUT2D eigenvalue weighted by Gasteiger charge is 2.33. The van der Waals surface area contributed by atoms with Crippen LogP contribution in [0.25, 0.3) is 17.1 Å². The Bertz CT molecular complexity index is 1260. The Hall–Kier alpha value is -3.45. The van der Waals surface area contributed by atoms with Gasteiger partial charge >= 0.3 is 0 Å². The van der Waals surface area contributed by atoms with Gasteiger partial charge in [-0.1, -0.05) is 59.3 Å². The van der Waals surface area contributed by atoms with E-state index >= 15 is 0 Å². The van der Waals surface area contributed by atoms with Crippen LogP contribution in [-0.2, 0) is 4.79 Å². The van der Waals surface area contributed by atoms with E-state index < -0.39 is 0 Å². The molecular formula is C27H27N5OS. The van der Waals surface area contributed by atoms with Gasteiger partial charge in [-0.2, -0.15) is 0 Å². The topological polar surface area (TPSA) is 72.7 Å². The lowest BCUT2D eigenvalue weighted by Gasteiger charge is -2.19. The van der Waals surface area contributed by atoms with Crippen molar-refractivity contribution in [1.29, 1.82) is 0 Å². The number of thioether (sulfide) groups is 1. The number of nitrogens with one attached hydrogen (secondary N) is 1. The number of rotatable bonds is 8. The third-order valence-electron chi connectivity index (χ3n) is 6.04. The predicted molar refractivity (Wildman–Crippen MR) is 135 cm³/mol. The average Bonchev–Trinajstić information content (AvgIpc) is 3.62. The number of carbonyl (C=O) groups excluding carboxylic acids is 1. The van der Waals surface area contributed by atoms with Crippen molar-refractivity contribution in [3.63, 3.8) is 0 Å². The van der Waals surface area contributed by atoms with Gasteiger partial charge in [0.05, 0.1) is 11.8 Å². The molecule has 0 saturated heterocycles. The Morgan fingerprint density at radius 1 is 0.971 bits per heavy atom. The summed E-state index contributed by atoms with van der Waals surface area (Å²) in [6.45, 7) is 4.14. The first-order chi connectivity index (χ1) is 16.6. The predicted octanol–water partition coefficient (Wildman–Crippen LogP) is 5.31. The first-order valence-corrected chi connectivity index (χ1v) is 12.5. The van der Waals surface area contributed by atoms with E-state index in [-0.39, 0.29) is 17.7 Å². The van der Waals surface area contributed by atoms with E-state index in [4.69, 9.17) is 0 Å². The highest BCUT2D eigenvalue weighted by molar-refractivity contribution is 7.99. The van der Waals surface area contributed by atoms with Gasteiger partial charge in [0, 0.05) is 23.6 Å². The lowest BCUT2D eigenvalue weighted by molar-refractivity contribution is -0.119. The summed E-state index contributed by atoms with van der Waals surface area (Å²) in [5.41, 5.74) is 5.46. The molecular weight excluding hydrogens is 442 g/mol. The van der Waals surface area contributed by atoms with Crippen LogP contribution in [0.4, 0.5) is 0 Å². The summed E-state index contributed by atoms with van der Waals surface area (Å²) in [6.07, 6.45) is 5.80. The molecule has 1 atom stereocenters. The summed E-state index contributed by atoms with van der Waals surface area (Å²) in [5, 5.41) is 12.8. The van der Waals surface area contributed by atoms with Crippen molar-refractivity contribution in [2.24, 2.45) is 5.92 Å². The Morgan fingerprint density at radius 3 is 2.26 bits per heavy atom. The number of hydrogen-bond acceptors (Lipinski definition) is 5. The minimum Gasteiger partial charge on any atom is -0.348 e. The Kier molecular flexibility index (Phi) is 6.45. The molecule has 0 aliphatic heterocycles. The van der Waals surface area contributed by atoms with Gasteiger partial charge in [0.25, 0.3) is 0 Å². The van der Waals surface area contributed by atoms with Crippen LogP contribution in [0.2, 0.25) is 0 Å². The maximum absolute atomic E-state index is 13.0. The largest absolute Gasteiger partial charge is 0.348 e.